The van der Waals surface area contributed by atoms with Crippen LogP contribution in [0.25, 0.3) is 6.08 Å². The number of methoxy groups -OCH3 is 1. The van der Waals surface area contributed by atoms with Crippen LogP contribution in [0.1, 0.15) is 28.1 Å². The maximum atomic E-state index is 12.3. The summed E-state index contributed by atoms with van der Waals surface area (Å²) in [4.78, 5) is 22.7. The second-order valence-corrected chi connectivity index (χ2v) is 7.07. The number of nitro benzene ring substituents is 1. The smallest absolute Gasteiger partial charge is 0.336 e. The highest BCUT2D eigenvalue weighted by atomic mass is 16.6. The van der Waals surface area contributed by atoms with Crippen LogP contribution in [-0.2, 0) is 11.3 Å². The molecule has 8 nitrogen and oxygen atoms in total. The summed E-state index contributed by atoms with van der Waals surface area (Å²) in [6.07, 6.45) is 2.90. The lowest BCUT2D eigenvalue weighted by Gasteiger charge is -2.07. The number of aromatic nitrogens is 2. The molecule has 1 heterocycles. The van der Waals surface area contributed by atoms with Gasteiger partial charge in [-0.1, -0.05) is 29.8 Å². The number of non-ortho nitro benzene ring substituents is 1. The molecule has 0 saturated heterocycles. The molecular formula is C23H23N3O5. The number of nitro groups is 1. The molecule has 0 radical (unpaired) electrons. The first kappa shape index (κ1) is 21.8. The quantitative estimate of drug-likeness (QED) is 0.185. The number of carbonyl (C=O) groups excluding carboxylic acids is 1. The third kappa shape index (κ3) is 5.16. The fraction of sp³-hybridized carbons (Fsp3) is 0.217. The largest absolute Gasteiger partial charge is 0.493 e. The molecule has 0 aliphatic rings. The Labute approximate surface area is 179 Å². The van der Waals surface area contributed by atoms with E-state index >= 15 is 0 Å². The third-order valence-electron chi connectivity index (χ3n) is 4.85. The van der Waals surface area contributed by atoms with Crippen LogP contribution in [0.5, 0.6) is 11.5 Å². The zero-order chi connectivity index (χ0) is 22.5. The van der Waals surface area contributed by atoms with Gasteiger partial charge >= 0.3 is 5.97 Å². The summed E-state index contributed by atoms with van der Waals surface area (Å²) < 4.78 is 12.3. The molecule has 0 saturated carbocycles. The van der Waals surface area contributed by atoms with Gasteiger partial charge in [0.05, 0.1) is 30.3 Å². The monoisotopic (exact) mass is 421 g/mol. The van der Waals surface area contributed by atoms with Gasteiger partial charge in [0.15, 0.2) is 11.5 Å². The number of rotatable bonds is 7. The standard InChI is InChI=1S/C23H23N3O5/c1-15-5-7-18(8-6-15)14-25-17(3)20(16(2)24-25)10-12-23(27)31-22-13-19(26(28)29)9-11-21(22)30-4/h5-13H,14H2,1-4H3/b12-10+. The van der Waals surface area contributed by atoms with Gasteiger partial charge in [-0.2, -0.15) is 5.10 Å². The van der Waals surface area contributed by atoms with E-state index in [9.17, 15) is 14.9 Å². The fourth-order valence-corrected chi connectivity index (χ4v) is 3.12. The normalized spacial score (nSPS) is 11.0. The summed E-state index contributed by atoms with van der Waals surface area (Å²) in [6, 6.07) is 12.0. The molecule has 8 heteroatoms. The molecule has 0 fully saturated rings. The molecule has 0 bridgehead atoms. The Kier molecular flexibility index (Phi) is 6.49. The number of aryl methyl sites for hydroxylation is 2. The Balaban J connectivity index is 1.77. The predicted octanol–water partition coefficient (Wildman–Crippen LogP) is 4.39. The number of benzene rings is 2. The molecule has 1 aromatic heterocycles. The lowest BCUT2D eigenvalue weighted by atomic mass is 10.1. The van der Waals surface area contributed by atoms with Crippen LogP contribution < -0.4 is 9.47 Å². The zero-order valence-electron chi connectivity index (χ0n) is 17.8. The van der Waals surface area contributed by atoms with E-state index in [1.54, 1.807) is 6.08 Å². The molecule has 160 valence electrons. The molecule has 2 aromatic carbocycles. The van der Waals surface area contributed by atoms with E-state index in [0.29, 0.717) is 6.54 Å². The van der Waals surface area contributed by atoms with Crippen LogP contribution >= 0.6 is 0 Å². The van der Waals surface area contributed by atoms with Gasteiger partial charge in [0.25, 0.3) is 5.69 Å². The van der Waals surface area contributed by atoms with E-state index in [0.717, 1.165) is 28.6 Å². The van der Waals surface area contributed by atoms with Gasteiger partial charge in [0.1, 0.15) is 0 Å². The van der Waals surface area contributed by atoms with Gasteiger partial charge in [-0.3, -0.25) is 14.8 Å². The Hall–Kier alpha value is -3.94. The van der Waals surface area contributed by atoms with Crippen molar-refractivity contribution in [3.8, 4) is 11.5 Å². The summed E-state index contributed by atoms with van der Waals surface area (Å²) in [5.41, 5.74) is 4.63. The van der Waals surface area contributed by atoms with Crippen molar-refractivity contribution in [1.29, 1.82) is 0 Å². The maximum absolute atomic E-state index is 12.3. The van der Waals surface area contributed by atoms with Crippen molar-refractivity contribution in [2.45, 2.75) is 27.3 Å². The van der Waals surface area contributed by atoms with Crippen molar-refractivity contribution >= 4 is 17.7 Å². The predicted molar refractivity (Wildman–Crippen MR) is 116 cm³/mol. The van der Waals surface area contributed by atoms with Crippen LogP contribution in [0.3, 0.4) is 0 Å². The molecule has 3 rings (SSSR count). The number of hydrogen-bond acceptors (Lipinski definition) is 6. The summed E-state index contributed by atoms with van der Waals surface area (Å²) in [7, 11) is 1.39. The summed E-state index contributed by atoms with van der Waals surface area (Å²) in [6.45, 7) is 6.46. The van der Waals surface area contributed by atoms with E-state index in [2.05, 4.69) is 29.4 Å². The first-order chi connectivity index (χ1) is 14.8. The minimum Gasteiger partial charge on any atom is -0.493 e. The van der Waals surface area contributed by atoms with Crippen molar-refractivity contribution in [1.82, 2.24) is 9.78 Å². The molecule has 0 unspecified atom stereocenters. The summed E-state index contributed by atoms with van der Waals surface area (Å²) in [5.74, 6) is -0.468. The van der Waals surface area contributed by atoms with Crippen molar-refractivity contribution in [2.75, 3.05) is 7.11 Å². The second kappa shape index (κ2) is 9.25. The van der Waals surface area contributed by atoms with Gasteiger partial charge in [-0.15, -0.1) is 0 Å². The Morgan fingerprint density at radius 1 is 1.13 bits per heavy atom. The van der Waals surface area contributed by atoms with Crippen LogP contribution in [-0.4, -0.2) is 27.8 Å². The van der Waals surface area contributed by atoms with Crippen LogP contribution in [0, 0.1) is 30.9 Å². The number of carbonyl (C=O) groups is 1. The molecule has 31 heavy (non-hydrogen) atoms. The van der Waals surface area contributed by atoms with Crippen molar-refractivity contribution in [3.63, 3.8) is 0 Å². The molecular weight excluding hydrogens is 398 g/mol. The number of esters is 1. The van der Waals surface area contributed by atoms with Gasteiger partial charge in [-0.25, -0.2) is 4.79 Å². The first-order valence-electron chi connectivity index (χ1n) is 9.60. The highest BCUT2D eigenvalue weighted by Gasteiger charge is 2.15. The Bertz CT molecular complexity index is 1150. The fourth-order valence-electron chi connectivity index (χ4n) is 3.12. The molecule has 0 N–H and O–H groups in total. The van der Waals surface area contributed by atoms with E-state index in [1.165, 1.54) is 30.9 Å². The molecule has 0 amide bonds. The topological polar surface area (TPSA) is 96.5 Å². The first-order valence-corrected chi connectivity index (χ1v) is 9.60. The SMILES string of the molecule is COc1ccc([N+](=O)[O-])cc1OC(=O)/C=C/c1c(C)nn(Cc2ccc(C)cc2)c1C. The van der Waals surface area contributed by atoms with Crippen molar-refractivity contribution in [2.24, 2.45) is 0 Å². The van der Waals surface area contributed by atoms with Crippen LogP contribution in [0.2, 0.25) is 0 Å². The minimum atomic E-state index is -0.677. The van der Waals surface area contributed by atoms with Gasteiger partial charge < -0.3 is 9.47 Å². The average molecular weight is 421 g/mol. The highest BCUT2D eigenvalue weighted by molar-refractivity contribution is 5.89. The lowest BCUT2D eigenvalue weighted by Crippen LogP contribution is -2.06. The zero-order valence-corrected chi connectivity index (χ0v) is 17.8. The van der Waals surface area contributed by atoms with E-state index in [1.807, 2.05) is 25.5 Å². The van der Waals surface area contributed by atoms with E-state index in [4.69, 9.17) is 9.47 Å². The summed E-state index contributed by atoms with van der Waals surface area (Å²) >= 11 is 0. The third-order valence-corrected chi connectivity index (χ3v) is 4.85. The Morgan fingerprint density at radius 3 is 2.48 bits per heavy atom. The molecule has 3 aromatic rings. The minimum absolute atomic E-state index is 0.0186. The molecule has 0 aliphatic carbocycles. The lowest BCUT2D eigenvalue weighted by molar-refractivity contribution is -0.384. The molecule has 0 atom stereocenters. The van der Waals surface area contributed by atoms with Gasteiger partial charge in [-0.05, 0) is 38.5 Å². The highest BCUT2D eigenvalue weighted by Crippen LogP contribution is 2.31. The average Bonchev–Trinajstić information content (AvgIpc) is 3.00. The van der Waals surface area contributed by atoms with Crippen LogP contribution in [0.15, 0.2) is 48.5 Å². The number of nitrogens with zero attached hydrogens (tertiary/aromatic N) is 3. The van der Waals surface area contributed by atoms with Crippen LogP contribution in [0.4, 0.5) is 5.69 Å². The van der Waals surface area contributed by atoms with E-state index < -0.39 is 10.9 Å². The van der Waals surface area contributed by atoms with Crippen molar-refractivity contribution < 1.29 is 19.2 Å². The molecule has 0 aliphatic heterocycles. The van der Waals surface area contributed by atoms with Gasteiger partial charge in [0, 0.05) is 23.4 Å². The summed E-state index contributed by atoms with van der Waals surface area (Å²) in [5, 5.41) is 15.5. The second-order valence-electron chi connectivity index (χ2n) is 7.07. The maximum Gasteiger partial charge on any atom is 0.336 e. The molecule has 0 spiro atoms. The number of hydrogen-bond donors (Lipinski definition) is 0. The van der Waals surface area contributed by atoms with E-state index in [-0.39, 0.29) is 17.2 Å². The number of ether oxygens (including phenoxy) is 2. The van der Waals surface area contributed by atoms with Crippen molar-refractivity contribution in [3.05, 3.63) is 86.7 Å². The Morgan fingerprint density at radius 2 is 1.84 bits per heavy atom. The van der Waals surface area contributed by atoms with Gasteiger partial charge in [0.2, 0.25) is 0 Å².